The van der Waals surface area contributed by atoms with Gasteiger partial charge in [0.15, 0.2) is 0 Å². The lowest BCUT2D eigenvalue weighted by molar-refractivity contribution is 1.15. The summed E-state index contributed by atoms with van der Waals surface area (Å²) in [4.78, 5) is 0. The molecule has 0 aliphatic carbocycles. The lowest BCUT2D eigenvalue weighted by Crippen LogP contribution is -1.99. The number of rotatable bonds is 5. The van der Waals surface area contributed by atoms with E-state index in [2.05, 4.69) is 249 Å². The molecule has 4 heterocycles. The number of fused-ring (bicyclic) bond motifs is 14. The fourth-order valence-electron chi connectivity index (χ4n) is 10.9. The third-order valence-corrected chi connectivity index (χ3v) is 13.5. The molecule has 0 saturated carbocycles. The highest BCUT2D eigenvalue weighted by molar-refractivity contribution is 6.25. The molecule has 0 aliphatic rings. The Bertz CT molecular complexity index is 3910. The Morgan fingerprint density at radius 2 is 0.453 bits per heavy atom. The molecule has 10 aromatic carbocycles. The maximum Gasteiger partial charge on any atom is 0.0788 e. The normalized spacial score (nSPS) is 12.1. The van der Waals surface area contributed by atoms with E-state index in [4.69, 9.17) is 0 Å². The summed E-state index contributed by atoms with van der Waals surface area (Å²) in [6.07, 6.45) is 0. The second-order valence-corrected chi connectivity index (χ2v) is 16.9. The van der Waals surface area contributed by atoms with Crippen LogP contribution >= 0.6 is 0 Å². The summed E-state index contributed by atoms with van der Waals surface area (Å²) in [5, 5.41) is 9.93. The molecular weight excluding hydrogens is 777 g/mol. The van der Waals surface area contributed by atoms with Crippen LogP contribution in [0.2, 0.25) is 0 Å². The SMILES string of the molecule is c1ccc(-n2c3ccccc3c3ccc4c5ccccc5n(-c5cccc(-c6cccc(-n7c8ccccc8c8ccc9c%10ccccc%10n(-c%10ccccc%10)c9c87)c6)c5)c4c32)cc1. The first-order valence-corrected chi connectivity index (χ1v) is 22.0. The molecule has 0 bridgehead atoms. The maximum absolute atomic E-state index is 2.49. The van der Waals surface area contributed by atoms with Crippen LogP contribution in [-0.2, 0) is 0 Å². The summed E-state index contributed by atoms with van der Waals surface area (Å²) < 4.78 is 9.89. The van der Waals surface area contributed by atoms with Crippen LogP contribution in [0.15, 0.2) is 231 Å². The number of hydrogen-bond acceptors (Lipinski definition) is 0. The van der Waals surface area contributed by atoms with Crippen LogP contribution in [0.4, 0.5) is 0 Å². The van der Waals surface area contributed by atoms with Gasteiger partial charge in [-0.1, -0.05) is 158 Å². The standard InChI is InChI=1S/C60H38N4/c1-3-19-41(20-4-1)61-53-29-11-7-25-45(53)49-33-35-51-47-27-9-13-31-55(47)63(59(51)57(49)61)43-23-15-17-39(37-43)40-18-16-24-44(38-40)64-56-32-14-10-28-48(56)52-36-34-50-46-26-8-12-30-54(46)62(58(50)60(52)64)42-21-5-2-6-22-42/h1-38H. The molecule has 4 nitrogen and oxygen atoms in total. The van der Waals surface area contributed by atoms with Gasteiger partial charge in [0.05, 0.1) is 44.1 Å². The Hall–Kier alpha value is -8.60. The molecular formula is C60H38N4. The summed E-state index contributed by atoms with van der Waals surface area (Å²) in [6.45, 7) is 0. The van der Waals surface area contributed by atoms with E-state index in [0.717, 1.165) is 33.9 Å². The quantitative estimate of drug-likeness (QED) is 0.165. The van der Waals surface area contributed by atoms with Crippen molar-refractivity contribution >= 4 is 87.2 Å². The summed E-state index contributed by atoms with van der Waals surface area (Å²) in [5.74, 6) is 0. The zero-order valence-electron chi connectivity index (χ0n) is 34.7. The molecule has 0 amide bonds. The van der Waals surface area contributed by atoms with Gasteiger partial charge in [-0.3, -0.25) is 0 Å². The zero-order chi connectivity index (χ0) is 41.9. The van der Waals surface area contributed by atoms with E-state index < -0.39 is 0 Å². The number of hydrogen-bond donors (Lipinski definition) is 0. The van der Waals surface area contributed by atoms with Crippen molar-refractivity contribution in [3.63, 3.8) is 0 Å². The molecule has 14 rings (SSSR count). The van der Waals surface area contributed by atoms with Crippen LogP contribution < -0.4 is 0 Å². The fourth-order valence-corrected chi connectivity index (χ4v) is 10.9. The van der Waals surface area contributed by atoms with Crippen LogP contribution in [0.5, 0.6) is 0 Å². The minimum absolute atomic E-state index is 1.12. The zero-order valence-corrected chi connectivity index (χ0v) is 34.7. The first kappa shape index (κ1) is 35.0. The molecule has 14 aromatic rings. The molecule has 0 unspecified atom stereocenters. The first-order valence-electron chi connectivity index (χ1n) is 22.0. The van der Waals surface area contributed by atoms with Gasteiger partial charge in [-0.2, -0.15) is 0 Å². The third-order valence-electron chi connectivity index (χ3n) is 13.5. The molecule has 0 radical (unpaired) electrons. The monoisotopic (exact) mass is 814 g/mol. The topological polar surface area (TPSA) is 19.7 Å². The van der Waals surface area contributed by atoms with Crippen molar-refractivity contribution in [1.82, 2.24) is 18.3 Å². The van der Waals surface area contributed by atoms with E-state index >= 15 is 0 Å². The van der Waals surface area contributed by atoms with Gasteiger partial charge in [-0.25, -0.2) is 0 Å². The van der Waals surface area contributed by atoms with E-state index in [0.29, 0.717) is 0 Å². The summed E-state index contributed by atoms with van der Waals surface area (Å²) >= 11 is 0. The Morgan fingerprint density at radius 3 is 0.781 bits per heavy atom. The highest BCUT2D eigenvalue weighted by Gasteiger charge is 2.23. The van der Waals surface area contributed by atoms with Gasteiger partial charge in [0.2, 0.25) is 0 Å². The molecule has 4 heteroatoms. The smallest absolute Gasteiger partial charge is 0.0788 e. The van der Waals surface area contributed by atoms with Crippen LogP contribution in [0.1, 0.15) is 0 Å². The van der Waals surface area contributed by atoms with Gasteiger partial charge in [0, 0.05) is 65.8 Å². The second-order valence-electron chi connectivity index (χ2n) is 16.9. The summed E-state index contributed by atoms with van der Waals surface area (Å²) in [6, 6.07) is 84.4. The van der Waals surface area contributed by atoms with E-state index in [1.807, 2.05) is 0 Å². The highest BCUT2D eigenvalue weighted by Crippen LogP contribution is 2.44. The van der Waals surface area contributed by atoms with Crippen molar-refractivity contribution in [2.24, 2.45) is 0 Å². The Labute approximate surface area is 368 Å². The van der Waals surface area contributed by atoms with Crippen LogP contribution in [-0.4, -0.2) is 18.3 Å². The predicted octanol–water partition coefficient (Wildman–Crippen LogP) is 15.7. The molecule has 0 N–H and O–H groups in total. The van der Waals surface area contributed by atoms with Crippen LogP contribution in [0, 0.1) is 0 Å². The van der Waals surface area contributed by atoms with E-state index in [1.54, 1.807) is 0 Å². The molecule has 0 saturated heterocycles. The molecule has 0 aliphatic heterocycles. The van der Waals surface area contributed by atoms with E-state index in [-0.39, 0.29) is 0 Å². The van der Waals surface area contributed by atoms with Gasteiger partial charge < -0.3 is 18.3 Å². The molecule has 64 heavy (non-hydrogen) atoms. The lowest BCUT2D eigenvalue weighted by Gasteiger charge is -2.15. The van der Waals surface area contributed by atoms with Crippen molar-refractivity contribution in [3.8, 4) is 33.9 Å². The largest absolute Gasteiger partial charge is 0.307 e. The highest BCUT2D eigenvalue weighted by atomic mass is 15.1. The van der Waals surface area contributed by atoms with Gasteiger partial charge >= 0.3 is 0 Å². The predicted molar refractivity (Wildman–Crippen MR) is 269 cm³/mol. The van der Waals surface area contributed by atoms with Crippen molar-refractivity contribution in [3.05, 3.63) is 231 Å². The number of nitrogens with zero attached hydrogens (tertiary/aromatic N) is 4. The van der Waals surface area contributed by atoms with E-state index in [9.17, 15) is 0 Å². The number of benzene rings is 10. The molecule has 0 fully saturated rings. The number of aromatic nitrogens is 4. The summed E-state index contributed by atoms with van der Waals surface area (Å²) in [7, 11) is 0. The van der Waals surface area contributed by atoms with Crippen LogP contribution in [0.3, 0.4) is 0 Å². The third kappa shape index (κ3) is 4.88. The minimum atomic E-state index is 1.12. The molecule has 0 spiro atoms. The summed E-state index contributed by atoms with van der Waals surface area (Å²) in [5.41, 5.74) is 16.4. The lowest BCUT2D eigenvalue weighted by atomic mass is 10.0. The second kappa shape index (κ2) is 13.4. The average molecular weight is 815 g/mol. The van der Waals surface area contributed by atoms with Gasteiger partial charge in [-0.05, 0) is 83.9 Å². The van der Waals surface area contributed by atoms with Crippen molar-refractivity contribution in [2.75, 3.05) is 0 Å². The number of para-hydroxylation sites is 6. The van der Waals surface area contributed by atoms with Gasteiger partial charge in [0.1, 0.15) is 0 Å². The Balaban J connectivity index is 1.02. The molecule has 0 atom stereocenters. The van der Waals surface area contributed by atoms with Crippen molar-refractivity contribution in [1.29, 1.82) is 0 Å². The van der Waals surface area contributed by atoms with Crippen molar-refractivity contribution < 1.29 is 0 Å². The van der Waals surface area contributed by atoms with Gasteiger partial charge in [-0.15, -0.1) is 0 Å². The Morgan fingerprint density at radius 1 is 0.188 bits per heavy atom. The average Bonchev–Trinajstić information content (AvgIpc) is 4.10. The Kier molecular flexibility index (Phi) is 7.36. The molecule has 4 aromatic heterocycles. The minimum Gasteiger partial charge on any atom is -0.307 e. The van der Waals surface area contributed by atoms with Gasteiger partial charge in [0.25, 0.3) is 0 Å². The first-order chi connectivity index (χ1) is 31.8. The van der Waals surface area contributed by atoms with E-state index in [1.165, 1.54) is 87.2 Å². The molecule has 298 valence electrons. The van der Waals surface area contributed by atoms with Crippen molar-refractivity contribution in [2.45, 2.75) is 0 Å². The maximum atomic E-state index is 2.49. The fraction of sp³-hybridized carbons (Fsp3) is 0. The van der Waals surface area contributed by atoms with Crippen LogP contribution in [0.25, 0.3) is 121 Å².